The van der Waals surface area contributed by atoms with Gasteiger partial charge in [-0.15, -0.1) is 0 Å². The molecule has 1 rings (SSSR count). The molecule has 1 amide bonds. The van der Waals surface area contributed by atoms with E-state index in [9.17, 15) is 9.59 Å². The molecule has 1 N–H and O–H groups in total. The monoisotopic (exact) mass is 357 g/mol. The molecule has 1 aromatic rings. The Balaban J connectivity index is 2.83. The molecule has 0 aliphatic carbocycles. The van der Waals surface area contributed by atoms with Gasteiger partial charge in [0.25, 0.3) is 5.91 Å². The minimum Gasteiger partial charge on any atom is -0.490 e. The second-order valence-corrected chi connectivity index (χ2v) is 5.40. The van der Waals surface area contributed by atoms with Crippen LogP contribution in [-0.2, 0) is 9.53 Å². The van der Waals surface area contributed by atoms with Crippen molar-refractivity contribution >= 4 is 23.5 Å². The van der Waals surface area contributed by atoms with Gasteiger partial charge >= 0.3 is 5.97 Å². The summed E-state index contributed by atoms with van der Waals surface area (Å²) in [7, 11) is 0. The Labute approximate surface area is 147 Å². The molecule has 134 valence electrons. The van der Waals surface area contributed by atoms with Gasteiger partial charge in [0.15, 0.2) is 18.1 Å². The first-order valence-corrected chi connectivity index (χ1v) is 8.44. The van der Waals surface area contributed by atoms with Crippen LogP contribution in [0.15, 0.2) is 12.1 Å². The van der Waals surface area contributed by atoms with Crippen molar-refractivity contribution in [3.05, 3.63) is 22.7 Å². The van der Waals surface area contributed by atoms with Crippen LogP contribution in [0.2, 0.25) is 5.02 Å². The first-order chi connectivity index (χ1) is 11.5. The van der Waals surface area contributed by atoms with Crippen LogP contribution in [0.1, 0.15) is 44.0 Å². The summed E-state index contributed by atoms with van der Waals surface area (Å²) in [5.74, 6) is -0.214. The number of nitrogens with one attached hydrogen (secondary N) is 1. The largest absolute Gasteiger partial charge is 0.490 e. The number of carbonyl (C=O) groups is 2. The molecular formula is C17H24ClNO5. The predicted octanol–water partition coefficient (Wildman–Crippen LogP) is 3.21. The van der Waals surface area contributed by atoms with Gasteiger partial charge in [0.05, 0.1) is 23.8 Å². The predicted molar refractivity (Wildman–Crippen MR) is 92.0 cm³/mol. The van der Waals surface area contributed by atoms with Gasteiger partial charge < -0.3 is 19.5 Å². The molecule has 0 saturated heterocycles. The van der Waals surface area contributed by atoms with Crippen LogP contribution in [0.25, 0.3) is 0 Å². The van der Waals surface area contributed by atoms with Gasteiger partial charge in [-0.25, -0.2) is 4.79 Å². The average molecular weight is 358 g/mol. The Hall–Kier alpha value is -1.95. The molecule has 0 atom stereocenters. The summed E-state index contributed by atoms with van der Waals surface area (Å²) in [5.41, 5.74) is 0.204. The second-order valence-electron chi connectivity index (χ2n) is 4.99. The fraction of sp³-hybridized carbons (Fsp3) is 0.529. The molecule has 0 aromatic heterocycles. The van der Waals surface area contributed by atoms with Crippen molar-refractivity contribution in [2.75, 3.05) is 26.4 Å². The van der Waals surface area contributed by atoms with Crippen molar-refractivity contribution in [1.82, 2.24) is 5.32 Å². The fourth-order valence-electron chi connectivity index (χ4n) is 1.82. The molecule has 0 fully saturated rings. The van der Waals surface area contributed by atoms with Gasteiger partial charge in [0, 0.05) is 6.54 Å². The summed E-state index contributed by atoms with van der Waals surface area (Å²) < 4.78 is 16.1. The first-order valence-electron chi connectivity index (χ1n) is 8.06. The number of carbonyl (C=O) groups excluding carboxylic acids is 2. The molecule has 24 heavy (non-hydrogen) atoms. The number of hydrogen-bond donors (Lipinski definition) is 1. The minimum absolute atomic E-state index is 0.204. The maximum absolute atomic E-state index is 12.1. The van der Waals surface area contributed by atoms with E-state index in [1.54, 1.807) is 0 Å². The molecular weight excluding hydrogens is 334 g/mol. The summed E-state index contributed by atoms with van der Waals surface area (Å²) in [6.07, 6.45) is 1.63. The third-order valence-electron chi connectivity index (χ3n) is 2.90. The lowest BCUT2D eigenvalue weighted by Crippen LogP contribution is -2.29. The molecule has 7 heteroatoms. The third-order valence-corrected chi connectivity index (χ3v) is 3.18. The smallest absolute Gasteiger partial charge is 0.338 e. The lowest BCUT2D eigenvalue weighted by molar-refractivity contribution is -0.124. The quantitative estimate of drug-likeness (QED) is 0.651. The number of ether oxygens (including phenoxy) is 3. The molecule has 0 aliphatic heterocycles. The molecule has 6 nitrogen and oxygen atoms in total. The van der Waals surface area contributed by atoms with Gasteiger partial charge in [-0.3, -0.25) is 4.79 Å². The van der Waals surface area contributed by atoms with E-state index in [1.165, 1.54) is 12.1 Å². The van der Waals surface area contributed by atoms with Crippen molar-refractivity contribution in [1.29, 1.82) is 0 Å². The van der Waals surface area contributed by atoms with Crippen LogP contribution in [0.5, 0.6) is 11.5 Å². The summed E-state index contributed by atoms with van der Waals surface area (Å²) in [6.45, 7) is 6.82. The van der Waals surface area contributed by atoms with Gasteiger partial charge in [0.1, 0.15) is 0 Å². The van der Waals surface area contributed by atoms with Gasteiger partial charge in [-0.05, 0) is 31.9 Å². The van der Waals surface area contributed by atoms with Crippen LogP contribution in [0, 0.1) is 0 Å². The number of hydrogen-bond acceptors (Lipinski definition) is 5. The Morgan fingerprint density at radius 2 is 1.88 bits per heavy atom. The molecule has 0 aliphatic rings. The lowest BCUT2D eigenvalue weighted by atomic mass is 10.2. The third kappa shape index (κ3) is 6.28. The van der Waals surface area contributed by atoms with E-state index in [0.29, 0.717) is 31.3 Å². The van der Waals surface area contributed by atoms with Gasteiger partial charge in [-0.1, -0.05) is 25.4 Å². The standard InChI is InChI=1S/C17H24ClNO5/c1-4-7-19-15(20)11-24-17(21)12-9-13(18)16(23-8-5-2)14(10-12)22-6-3/h9-10H,4-8,11H2,1-3H3,(H,19,20). The summed E-state index contributed by atoms with van der Waals surface area (Å²) in [5, 5.41) is 2.89. The zero-order valence-corrected chi connectivity index (χ0v) is 15.1. The number of amides is 1. The van der Waals surface area contributed by atoms with Crippen LogP contribution in [0.3, 0.4) is 0 Å². The number of esters is 1. The van der Waals surface area contributed by atoms with E-state index >= 15 is 0 Å². The highest BCUT2D eigenvalue weighted by Crippen LogP contribution is 2.37. The lowest BCUT2D eigenvalue weighted by Gasteiger charge is -2.14. The molecule has 1 aromatic carbocycles. The SMILES string of the molecule is CCCNC(=O)COC(=O)c1cc(Cl)c(OCCC)c(OCC)c1. The molecule has 0 spiro atoms. The maximum Gasteiger partial charge on any atom is 0.338 e. The Kier molecular flexibility index (Phi) is 9.01. The Morgan fingerprint density at radius 1 is 1.12 bits per heavy atom. The van der Waals surface area contributed by atoms with E-state index in [0.717, 1.165) is 12.8 Å². The highest BCUT2D eigenvalue weighted by molar-refractivity contribution is 6.32. The molecule has 0 bridgehead atoms. The Morgan fingerprint density at radius 3 is 2.50 bits per heavy atom. The fourth-order valence-corrected chi connectivity index (χ4v) is 2.09. The van der Waals surface area contributed by atoms with E-state index in [2.05, 4.69) is 5.32 Å². The molecule has 0 unspecified atom stereocenters. The minimum atomic E-state index is -0.647. The second kappa shape index (κ2) is 10.8. The normalized spacial score (nSPS) is 10.2. The topological polar surface area (TPSA) is 73.9 Å². The van der Waals surface area contributed by atoms with Crippen molar-refractivity contribution in [3.63, 3.8) is 0 Å². The first kappa shape index (κ1) is 20.1. The zero-order chi connectivity index (χ0) is 17.9. The van der Waals surface area contributed by atoms with Crippen LogP contribution in [0.4, 0.5) is 0 Å². The molecule has 0 heterocycles. The Bertz CT molecular complexity index is 562. The van der Waals surface area contributed by atoms with Crippen molar-refractivity contribution in [2.24, 2.45) is 0 Å². The highest BCUT2D eigenvalue weighted by Gasteiger charge is 2.18. The van der Waals surface area contributed by atoms with Gasteiger partial charge in [-0.2, -0.15) is 0 Å². The van der Waals surface area contributed by atoms with Crippen molar-refractivity contribution in [2.45, 2.75) is 33.6 Å². The summed E-state index contributed by atoms with van der Waals surface area (Å²) in [4.78, 5) is 23.6. The van der Waals surface area contributed by atoms with Crippen LogP contribution in [-0.4, -0.2) is 38.2 Å². The van der Waals surface area contributed by atoms with Crippen molar-refractivity contribution in [3.8, 4) is 11.5 Å². The van der Waals surface area contributed by atoms with E-state index in [-0.39, 0.29) is 23.1 Å². The number of rotatable bonds is 10. The summed E-state index contributed by atoms with van der Waals surface area (Å²) >= 11 is 6.19. The van der Waals surface area contributed by atoms with Crippen LogP contribution < -0.4 is 14.8 Å². The van der Waals surface area contributed by atoms with E-state index in [4.69, 9.17) is 25.8 Å². The van der Waals surface area contributed by atoms with Gasteiger partial charge in [0.2, 0.25) is 0 Å². The van der Waals surface area contributed by atoms with Crippen LogP contribution >= 0.6 is 11.6 Å². The van der Waals surface area contributed by atoms with E-state index in [1.807, 2.05) is 20.8 Å². The van der Waals surface area contributed by atoms with Crippen molar-refractivity contribution < 1.29 is 23.8 Å². The summed E-state index contributed by atoms with van der Waals surface area (Å²) in [6, 6.07) is 2.95. The molecule has 0 saturated carbocycles. The number of halogens is 1. The average Bonchev–Trinajstić information content (AvgIpc) is 2.57. The molecule has 0 radical (unpaired) electrons. The van der Waals surface area contributed by atoms with E-state index < -0.39 is 5.97 Å². The number of benzene rings is 1. The highest BCUT2D eigenvalue weighted by atomic mass is 35.5. The zero-order valence-electron chi connectivity index (χ0n) is 14.3. The maximum atomic E-state index is 12.1.